The molecule has 0 bridgehead atoms. The summed E-state index contributed by atoms with van der Waals surface area (Å²) in [4.78, 5) is 24.9. The summed E-state index contributed by atoms with van der Waals surface area (Å²) in [6.45, 7) is 6.52. The first-order chi connectivity index (χ1) is 16.0. The van der Waals surface area contributed by atoms with Crippen LogP contribution in [0.3, 0.4) is 0 Å². The second-order valence-corrected chi connectivity index (χ2v) is 9.92. The molecule has 2 saturated heterocycles. The van der Waals surface area contributed by atoms with Crippen molar-refractivity contribution in [1.29, 1.82) is 0 Å². The molecule has 168 valence electrons. The first-order valence-electron chi connectivity index (χ1n) is 11.0. The molecule has 0 atom stereocenters. The van der Waals surface area contributed by atoms with Gasteiger partial charge < -0.3 is 10.1 Å². The van der Waals surface area contributed by atoms with Crippen molar-refractivity contribution in [3.8, 4) is 11.4 Å². The minimum absolute atomic E-state index is 0.178. The van der Waals surface area contributed by atoms with E-state index in [1.165, 1.54) is 22.9 Å². The van der Waals surface area contributed by atoms with Gasteiger partial charge in [0.2, 0.25) is 0 Å². The first-order valence-corrected chi connectivity index (χ1v) is 12.2. The van der Waals surface area contributed by atoms with Gasteiger partial charge in [0, 0.05) is 25.0 Å². The molecule has 4 heterocycles. The van der Waals surface area contributed by atoms with Crippen molar-refractivity contribution in [2.24, 2.45) is 0 Å². The summed E-state index contributed by atoms with van der Waals surface area (Å²) < 4.78 is 5.96. The van der Waals surface area contributed by atoms with E-state index in [2.05, 4.69) is 41.4 Å². The number of amides is 1. The fraction of sp³-hybridized carbons (Fsp3) is 0.280. The first kappa shape index (κ1) is 22.2. The third-order valence-electron chi connectivity index (χ3n) is 5.79. The molecule has 0 radical (unpaired) electrons. The van der Waals surface area contributed by atoms with Crippen molar-refractivity contribution in [3.63, 3.8) is 0 Å². The summed E-state index contributed by atoms with van der Waals surface area (Å²) in [7, 11) is 0. The zero-order valence-corrected chi connectivity index (χ0v) is 20.0. The van der Waals surface area contributed by atoms with Gasteiger partial charge in [-0.1, -0.05) is 42.2 Å². The van der Waals surface area contributed by atoms with Gasteiger partial charge in [0.1, 0.15) is 4.32 Å². The summed E-state index contributed by atoms with van der Waals surface area (Å²) in [5.74, 6) is -0.178. The Morgan fingerprint density at radius 2 is 2.03 bits per heavy atom. The number of hydrogen-bond donors (Lipinski definition) is 1. The van der Waals surface area contributed by atoms with Crippen LogP contribution in [0.4, 0.5) is 0 Å². The molecule has 2 aliphatic heterocycles. The number of thiocarbonyl (C=S) groups is 1. The van der Waals surface area contributed by atoms with Gasteiger partial charge in [0.25, 0.3) is 5.91 Å². The summed E-state index contributed by atoms with van der Waals surface area (Å²) in [6, 6.07) is 14.4. The third kappa shape index (κ3) is 5.14. The minimum atomic E-state index is -0.178. The van der Waals surface area contributed by atoms with E-state index in [1.807, 2.05) is 18.2 Å². The van der Waals surface area contributed by atoms with Crippen LogP contribution < -0.4 is 5.32 Å². The number of rotatable bonds is 5. The molecular weight excluding hydrogens is 452 g/mol. The van der Waals surface area contributed by atoms with Crippen LogP contribution in [0, 0.1) is 6.92 Å². The maximum atomic E-state index is 12.1. The van der Waals surface area contributed by atoms with Crippen LogP contribution in [0.5, 0.6) is 0 Å². The second kappa shape index (κ2) is 9.69. The topological polar surface area (TPSA) is 67.3 Å². The fourth-order valence-corrected chi connectivity index (χ4v) is 5.08. The highest BCUT2D eigenvalue weighted by molar-refractivity contribution is 8.26. The Morgan fingerprint density at radius 1 is 1.18 bits per heavy atom. The number of morpholine rings is 1. The normalized spacial score (nSPS) is 18.3. The Kier molecular flexibility index (Phi) is 6.50. The Hall–Kier alpha value is -2.65. The van der Waals surface area contributed by atoms with Crippen molar-refractivity contribution >= 4 is 51.2 Å². The second-order valence-electron chi connectivity index (χ2n) is 8.20. The quantitative estimate of drug-likeness (QED) is 0.441. The minimum Gasteiger partial charge on any atom is -0.379 e. The average molecular weight is 477 g/mol. The van der Waals surface area contributed by atoms with Crippen molar-refractivity contribution in [1.82, 2.24) is 20.2 Å². The predicted molar refractivity (Wildman–Crippen MR) is 137 cm³/mol. The molecule has 2 aromatic heterocycles. The Bertz CT molecular complexity index is 1270. The third-order valence-corrected chi connectivity index (χ3v) is 6.95. The monoisotopic (exact) mass is 476 g/mol. The molecule has 2 aliphatic rings. The number of carbonyl (C=O) groups excluding carboxylic acids is 1. The van der Waals surface area contributed by atoms with Crippen molar-refractivity contribution in [2.45, 2.75) is 13.3 Å². The van der Waals surface area contributed by atoms with Crippen LogP contribution in [0.25, 0.3) is 28.4 Å². The number of nitrogens with zero attached hydrogens (tertiary/aromatic N) is 3. The van der Waals surface area contributed by atoms with Crippen molar-refractivity contribution in [2.75, 3.05) is 32.8 Å². The molecule has 0 saturated carbocycles. The maximum Gasteiger partial charge on any atom is 0.263 e. The van der Waals surface area contributed by atoms with Gasteiger partial charge >= 0.3 is 0 Å². The van der Waals surface area contributed by atoms with Crippen LogP contribution in [0.1, 0.15) is 16.8 Å². The smallest absolute Gasteiger partial charge is 0.263 e. The van der Waals surface area contributed by atoms with E-state index < -0.39 is 0 Å². The number of aromatic nitrogens is 2. The predicted octanol–water partition coefficient (Wildman–Crippen LogP) is 3.97. The zero-order valence-electron chi connectivity index (χ0n) is 18.3. The molecule has 8 heteroatoms. The number of benzene rings is 1. The Labute approximate surface area is 202 Å². The highest BCUT2D eigenvalue weighted by Gasteiger charge is 2.22. The van der Waals surface area contributed by atoms with E-state index in [0.29, 0.717) is 14.9 Å². The molecule has 3 aromatic rings. The lowest BCUT2D eigenvalue weighted by atomic mass is 10.0. The SMILES string of the molecule is Cc1ccc2cc(CCN3CCOCC3)c(-c3cccc(C=C4SC(=S)NC4=O)n3)nc2c1. The molecular formula is C25H24N4O2S2. The van der Waals surface area contributed by atoms with Gasteiger partial charge in [-0.25, -0.2) is 9.97 Å². The lowest BCUT2D eigenvalue weighted by molar-refractivity contribution is -0.115. The largest absolute Gasteiger partial charge is 0.379 e. The van der Waals surface area contributed by atoms with E-state index in [4.69, 9.17) is 26.9 Å². The van der Waals surface area contributed by atoms with E-state index >= 15 is 0 Å². The average Bonchev–Trinajstić information content (AvgIpc) is 3.14. The number of thioether (sulfide) groups is 1. The molecule has 1 N–H and O–H groups in total. The van der Waals surface area contributed by atoms with Gasteiger partial charge in [-0.3, -0.25) is 9.69 Å². The van der Waals surface area contributed by atoms with Crippen LogP contribution in [0.15, 0.2) is 47.4 Å². The molecule has 2 fully saturated rings. The number of nitrogens with one attached hydrogen (secondary N) is 1. The van der Waals surface area contributed by atoms with E-state index in [9.17, 15) is 4.79 Å². The van der Waals surface area contributed by atoms with Crippen molar-refractivity contribution in [3.05, 3.63) is 64.2 Å². The highest BCUT2D eigenvalue weighted by atomic mass is 32.2. The van der Waals surface area contributed by atoms with E-state index in [-0.39, 0.29) is 5.91 Å². The fourth-order valence-electron chi connectivity index (χ4n) is 4.06. The lowest BCUT2D eigenvalue weighted by Gasteiger charge is -2.26. The summed E-state index contributed by atoms with van der Waals surface area (Å²) in [5.41, 5.74) is 5.70. The summed E-state index contributed by atoms with van der Waals surface area (Å²) >= 11 is 6.36. The Balaban J connectivity index is 1.52. The van der Waals surface area contributed by atoms with Gasteiger partial charge in [-0.2, -0.15) is 0 Å². The maximum absolute atomic E-state index is 12.1. The molecule has 1 amide bonds. The van der Waals surface area contributed by atoms with Crippen LogP contribution in [-0.4, -0.2) is 57.9 Å². The van der Waals surface area contributed by atoms with E-state index in [1.54, 1.807) is 6.08 Å². The molecule has 6 nitrogen and oxygen atoms in total. The number of aryl methyl sites for hydroxylation is 1. The molecule has 0 spiro atoms. The van der Waals surface area contributed by atoms with Crippen LogP contribution >= 0.6 is 24.0 Å². The number of pyridine rings is 2. The number of ether oxygens (including phenoxy) is 1. The van der Waals surface area contributed by atoms with E-state index in [0.717, 1.165) is 61.6 Å². The zero-order chi connectivity index (χ0) is 22.8. The van der Waals surface area contributed by atoms with Crippen LogP contribution in [0.2, 0.25) is 0 Å². The summed E-state index contributed by atoms with van der Waals surface area (Å²) in [5, 5.41) is 3.78. The van der Waals surface area contributed by atoms with Crippen molar-refractivity contribution < 1.29 is 9.53 Å². The van der Waals surface area contributed by atoms with Gasteiger partial charge in [0.15, 0.2) is 0 Å². The number of carbonyl (C=O) groups is 1. The molecule has 33 heavy (non-hydrogen) atoms. The lowest BCUT2D eigenvalue weighted by Crippen LogP contribution is -2.37. The molecule has 0 aliphatic carbocycles. The molecule has 0 unspecified atom stereocenters. The summed E-state index contributed by atoms with van der Waals surface area (Å²) in [6.07, 6.45) is 2.66. The molecule has 5 rings (SSSR count). The van der Waals surface area contributed by atoms with Gasteiger partial charge in [-0.15, -0.1) is 0 Å². The number of fused-ring (bicyclic) bond motifs is 1. The Morgan fingerprint density at radius 3 is 2.82 bits per heavy atom. The van der Waals surface area contributed by atoms with Gasteiger partial charge in [-0.05, 0) is 54.8 Å². The van der Waals surface area contributed by atoms with Gasteiger partial charge in [0.05, 0.1) is 40.7 Å². The standard InChI is InChI=1S/C25H24N4O2S2/c1-16-5-6-17-14-18(7-8-29-9-11-31-12-10-29)23(27-21(17)13-16)20-4-2-3-19(26-20)15-22-24(30)28-25(32)33-22/h2-6,13-15H,7-12H2,1H3,(H,28,30,32). The molecule has 1 aromatic carbocycles. The number of hydrogen-bond acceptors (Lipinski definition) is 7. The highest BCUT2D eigenvalue weighted by Crippen LogP contribution is 2.28. The van der Waals surface area contributed by atoms with Crippen LogP contribution in [-0.2, 0) is 16.0 Å².